The number of urea groups is 1. The Hall–Kier alpha value is -2.39. The molecule has 7 nitrogen and oxygen atoms in total. The van der Waals surface area contributed by atoms with E-state index >= 15 is 0 Å². The lowest BCUT2D eigenvalue weighted by molar-refractivity contribution is -0.122. The van der Waals surface area contributed by atoms with Crippen molar-refractivity contribution in [2.75, 3.05) is 19.4 Å². The van der Waals surface area contributed by atoms with Gasteiger partial charge in [0, 0.05) is 17.7 Å². The molecule has 25 heavy (non-hydrogen) atoms. The molecule has 0 saturated carbocycles. The maximum Gasteiger partial charge on any atom is 0.321 e. The van der Waals surface area contributed by atoms with Gasteiger partial charge in [0.15, 0.2) is 16.4 Å². The molecular formula is C16H18N2O5S2. The molecule has 0 atom stereocenters. The molecule has 0 unspecified atom stereocenters. The highest BCUT2D eigenvalue weighted by Gasteiger charge is 2.11. The molecule has 3 amide bonds. The van der Waals surface area contributed by atoms with Gasteiger partial charge in [0.05, 0.1) is 4.90 Å². The van der Waals surface area contributed by atoms with E-state index in [2.05, 4.69) is 10.6 Å². The SMILES string of the molecule is CS(=O)(=O)c1cccc(OCC(=O)NC(=O)NCCc2cccs2)c1. The van der Waals surface area contributed by atoms with Crippen LogP contribution in [0.4, 0.5) is 4.79 Å². The van der Waals surface area contributed by atoms with Gasteiger partial charge in [-0.3, -0.25) is 10.1 Å². The summed E-state index contributed by atoms with van der Waals surface area (Å²) in [5, 5.41) is 6.68. The van der Waals surface area contributed by atoms with Gasteiger partial charge < -0.3 is 10.1 Å². The largest absolute Gasteiger partial charge is 0.484 e. The van der Waals surface area contributed by atoms with Crippen LogP contribution in [0.5, 0.6) is 5.75 Å². The van der Waals surface area contributed by atoms with Crippen LogP contribution in [-0.2, 0) is 21.1 Å². The molecule has 0 saturated heterocycles. The second-order valence-electron chi connectivity index (χ2n) is 5.17. The Morgan fingerprint density at radius 3 is 2.68 bits per heavy atom. The second kappa shape index (κ2) is 8.63. The van der Waals surface area contributed by atoms with Crippen molar-refractivity contribution in [1.29, 1.82) is 0 Å². The molecule has 134 valence electrons. The van der Waals surface area contributed by atoms with Crippen LogP contribution < -0.4 is 15.4 Å². The quantitative estimate of drug-likeness (QED) is 0.757. The predicted molar refractivity (Wildman–Crippen MR) is 94.6 cm³/mol. The Morgan fingerprint density at radius 1 is 1.20 bits per heavy atom. The van der Waals surface area contributed by atoms with E-state index in [-0.39, 0.29) is 10.6 Å². The van der Waals surface area contributed by atoms with Crippen LogP contribution in [0.15, 0.2) is 46.7 Å². The Morgan fingerprint density at radius 2 is 2.00 bits per heavy atom. The minimum absolute atomic E-state index is 0.0942. The van der Waals surface area contributed by atoms with Gasteiger partial charge >= 0.3 is 6.03 Å². The normalized spacial score (nSPS) is 10.9. The summed E-state index contributed by atoms with van der Waals surface area (Å²) in [7, 11) is -3.36. The highest BCUT2D eigenvalue weighted by atomic mass is 32.2. The maximum absolute atomic E-state index is 11.7. The van der Waals surface area contributed by atoms with Gasteiger partial charge in [0.2, 0.25) is 0 Å². The third-order valence-corrected chi connectivity index (χ3v) is 5.14. The number of rotatable bonds is 7. The zero-order valence-electron chi connectivity index (χ0n) is 13.5. The lowest BCUT2D eigenvalue weighted by atomic mass is 10.3. The first-order valence-electron chi connectivity index (χ1n) is 7.37. The number of carbonyl (C=O) groups excluding carboxylic acids is 2. The Kier molecular flexibility index (Phi) is 6.54. The summed E-state index contributed by atoms with van der Waals surface area (Å²) in [6.45, 7) is 0.0163. The van der Waals surface area contributed by atoms with Gasteiger partial charge in [0.1, 0.15) is 5.75 Å². The topological polar surface area (TPSA) is 102 Å². The molecule has 1 aromatic carbocycles. The number of sulfone groups is 1. The summed E-state index contributed by atoms with van der Waals surface area (Å²) in [5.41, 5.74) is 0. The summed E-state index contributed by atoms with van der Waals surface area (Å²) in [6.07, 6.45) is 1.77. The average molecular weight is 382 g/mol. The summed E-state index contributed by atoms with van der Waals surface area (Å²) >= 11 is 1.60. The molecule has 0 spiro atoms. The van der Waals surface area contributed by atoms with Gasteiger partial charge in [-0.05, 0) is 36.1 Å². The van der Waals surface area contributed by atoms with Crippen molar-refractivity contribution in [3.8, 4) is 5.75 Å². The molecule has 0 radical (unpaired) electrons. The van der Waals surface area contributed by atoms with Gasteiger partial charge in [0.25, 0.3) is 5.91 Å². The summed E-state index contributed by atoms with van der Waals surface area (Å²) in [6, 6.07) is 9.10. The van der Waals surface area contributed by atoms with Gasteiger partial charge in [-0.15, -0.1) is 11.3 Å². The molecule has 1 aromatic heterocycles. The van der Waals surface area contributed by atoms with E-state index in [0.717, 1.165) is 11.1 Å². The first-order valence-corrected chi connectivity index (χ1v) is 10.1. The first-order chi connectivity index (χ1) is 11.8. The van der Waals surface area contributed by atoms with E-state index in [1.807, 2.05) is 17.5 Å². The molecule has 1 heterocycles. The standard InChI is InChI=1S/C16H18N2O5S2/c1-25(21,22)14-6-2-4-12(10-14)23-11-15(19)18-16(20)17-8-7-13-5-3-9-24-13/h2-6,9-10H,7-8,11H2,1H3,(H2,17,18,19,20). The van der Waals surface area contributed by atoms with E-state index in [1.165, 1.54) is 24.3 Å². The van der Waals surface area contributed by atoms with Crippen molar-refractivity contribution >= 4 is 33.1 Å². The number of amides is 3. The molecular weight excluding hydrogens is 364 g/mol. The molecule has 2 rings (SSSR count). The van der Waals surface area contributed by atoms with E-state index in [1.54, 1.807) is 11.3 Å². The fraction of sp³-hybridized carbons (Fsp3) is 0.250. The number of hydrogen-bond donors (Lipinski definition) is 2. The van der Waals surface area contributed by atoms with Crippen LogP contribution >= 0.6 is 11.3 Å². The molecule has 0 aliphatic heterocycles. The molecule has 0 aliphatic carbocycles. The molecule has 0 bridgehead atoms. The van der Waals surface area contributed by atoms with Crippen LogP contribution in [0.3, 0.4) is 0 Å². The summed E-state index contributed by atoms with van der Waals surface area (Å²) in [4.78, 5) is 24.5. The third kappa shape index (κ3) is 6.55. The number of benzene rings is 1. The van der Waals surface area contributed by atoms with Gasteiger partial charge in [-0.1, -0.05) is 12.1 Å². The zero-order chi connectivity index (χ0) is 18.3. The molecule has 0 aliphatic rings. The van der Waals surface area contributed by atoms with Gasteiger partial charge in [-0.25, -0.2) is 13.2 Å². The molecule has 2 N–H and O–H groups in total. The molecule has 9 heteroatoms. The van der Waals surface area contributed by atoms with Crippen LogP contribution in [0.1, 0.15) is 4.88 Å². The second-order valence-corrected chi connectivity index (χ2v) is 8.22. The number of carbonyl (C=O) groups is 2. The van der Waals surface area contributed by atoms with Crippen molar-refractivity contribution in [2.24, 2.45) is 0 Å². The predicted octanol–water partition coefficient (Wildman–Crippen LogP) is 1.60. The van der Waals surface area contributed by atoms with E-state index in [0.29, 0.717) is 13.0 Å². The fourth-order valence-electron chi connectivity index (χ4n) is 1.90. The molecule has 2 aromatic rings. The number of thiophene rings is 1. The van der Waals surface area contributed by atoms with Crippen molar-refractivity contribution in [2.45, 2.75) is 11.3 Å². The minimum atomic E-state index is -3.36. The number of ether oxygens (including phenoxy) is 1. The number of hydrogen-bond acceptors (Lipinski definition) is 6. The number of imide groups is 1. The van der Waals surface area contributed by atoms with Crippen molar-refractivity contribution in [3.63, 3.8) is 0 Å². The van der Waals surface area contributed by atoms with Crippen LogP contribution in [0.2, 0.25) is 0 Å². The smallest absolute Gasteiger partial charge is 0.321 e. The first kappa shape index (κ1) is 18.9. The van der Waals surface area contributed by atoms with Gasteiger partial charge in [-0.2, -0.15) is 0 Å². The maximum atomic E-state index is 11.7. The van der Waals surface area contributed by atoms with E-state index in [9.17, 15) is 18.0 Å². The fourth-order valence-corrected chi connectivity index (χ4v) is 3.27. The van der Waals surface area contributed by atoms with Crippen LogP contribution in [0.25, 0.3) is 0 Å². The van der Waals surface area contributed by atoms with Crippen molar-refractivity contribution < 1.29 is 22.7 Å². The Labute approximate surface area is 149 Å². The Bertz CT molecular complexity index is 832. The molecule has 0 fully saturated rings. The van der Waals surface area contributed by atoms with Crippen molar-refractivity contribution in [1.82, 2.24) is 10.6 Å². The van der Waals surface area contributed by atoms with E-state index < -0.39 is 28.4 Å². The summed E-state index contributed by atoms with van der Waals surface area (Å²) in [5.74, 6) is -0.394. The highest BCUT2D eigenvalue weighted by Crippen LogP contribution is 2.17. The minimum Gasteiger partial charge on any atom is -0.484 e. The van der Waals surface area contributed by atoms with Crippen LogP contribution in [0, 0.1) is 0 Å². The summed E-state index contributed by atoms with van der Waals surface area (Å²) < 4.78 is 28.1. The average Bonchev–Trinajstić information content (AvgIpc) is 3.06. The lowest BCUT2D eigenvalue weighted by Gasteiger charge is -2.08. The van der Waals surface area contributed by atoms with E-state index in [4.69, 9.17) is 4.74 Å². The lowest BCUT2D eigenvalue weighted by Crippen LogP contribution is -2.42. The highest BCUT2D eigenvalue weighted by molar-refractivity contribution is 7.90. The third-order valence-electron chi connectivity index (χ3n) is 3.09. The monoisotopic (exact) mass is 382 g/mol. The van der Waals surface area contributed by atoms with Crippen molar-refractivity contribution in [3.05, 3.63) is 46.7 Å². The van der Waals surface area contributed by atoms with Crippen LogP contribution in [-0.4, -0.2) is 39.8 Å². The number of nitrogens with one attached hydrogen (secondary N) is 2. The Balaban J connectivity index is 1.74. The zero-order valence-corrected chi connectivity index (χ0v) is 15.2.